The summed E-state index contributed by atoms with van der Waals surface area (Å²) in [5, 5.41) is 4.53. The van der Waals surface area contributed by atoms with Crippen LogP contribution < -0.4 is 11.1 Å². The Kier molecular flexibility index (Phi) is 6.71. The molecule has 2 heterocycles. The highest BCUT2D eigenvalue weighted by molar-refractivity contribution is 6.35. The number of allylic oxidation sites excluding steroid dienone is 1. The predicted molar refractivity (Wildman–Crippen MR) is 134 cm³/mol. The van der Waals surface area contributed by atoms with Crippen LogP contribution in [0.15, 0.2) is 54.2 Å². The fraction of sp³-hybridized carbons (Fsp3) is 0.320. The van der Waals surface area contributed by atoms with Gasteiger partial charge in [-0.3, -0.25) is 0 Å². The van der Waals surface area contributed by atoms with E-state index in [2.05, 4.69) is 27.8 Å². The molecule has 0 amide bonds. The number of nitrogens with one attached hydrogen (secondary N) is 1. The number of fused-ring (bicyclic) bond motifs is 1. The largest absolute Gasteiger partial charge is 0.364 e. The lowest BCUT2D eigenvalue weighted by Gasteiger charge is -2.38. The fourth-order valence-corrected chi connectivity index (χ4v) is 4.75. The van der Waals surface area contributed by atoms with Crippen molar-refractivity contribution in [3.63, 3.8) is 0 Å². The van der Waals surface area contributed by atoms with Crippen LogP contribution in [0.3, 0.4) is 0 Å². The Balaban J connectivity index is 1.77. The van der Waals surface area contributed by atoms with Crippen LogP contribution in [-0.2, 0) is 13.1 Å². The Bertz CT molecular complexity index is 1160. The third kappa shape index (κ3) is 5.18. The number of benzene rings is 2. The van der Waals surface area contributed by atoms with Gasteiger partial charge in [0.15, 0.2) is 0 Å². The highest BCUT2D eigenvalue weighted by atomic mass is 35.5. The molecule has 1 aliphatic rings. The minimum Gasteiger partial charge on any atom is -0.364 e. The number of nitrogens with two attached hydrogens (primary N) is 1. The number of nitrogens with zero attached hydrogens (tertiary/aromatic N) is 3. The van der Waals surface area contributed by atoms with Crippen molar-refractivity contribution in [3.8, 4) is 11.3 Å². The van der Waals surface area contributed by atoms with Crippen LogP contribution in [0.4, 0.5) is 15.9 Å². The quantitative estimate of drug-likeness (QED) is 0.411. The molecule has 1 aliphatic heterocycles. The van der Waals surface area contributed by atoms with Crippen LogP contribution >= 0.6 is 23.2 Å². The summed E-state index contributed by atoms with van der Waals surface area (Å²) < 4.78 is 15.8. The average Bonchev–Trinajstić information content (AvgIpc) is 3.08. The summed E-state index contributed by atoms with van der Waals surface area (Å²) in [4.78, 5) is 7.26. The zero-order chi connectivity index (χ0) is 23.8. The molecule has 174 valence electrons. The second-order valence-electron chi connectivity index (χ2n) is 8.81. The molecule has 4 rings (SSSR count). The van der Waals surface area contributed by atoms with E-state index in [0.717, 1.165) is 53.8 Å². The van der Waals surface area contributed by atoms with E-state index in [1.807, 2.05) is 26.0 Å². The van der Waals surface area contributed by atoms with E-state index in [9.17, 15) is 4.39 Å². The van der Waals surface area contributed by atoms with Crippen LogP contribution in [0.5, 0.6) is 0 Å². The van der Waals surface area contributed by atoms with Crippen LogP contribution in [-0.4, -0.2) is 26.5 Å². The van der Waals surface area contributed by atoms with Crippen LogP contribution in [0.25, 0.3) is 11.3 Å². The van der Waals surface area contributed by atoms with Gasteiger partial charge in [-0.1, -0.05) is 36.2 Å². The summed E-state index contributed by atoms with van der Waals surface area (Å²) in [5.41, 5.74) is 9.46. The summed E-state index contributed by atoms with van der Waals surface area (Å²) in [7, 11) is 0. The predicted octanol–water partition coefficient (Wildman–Crippen LogP) is 6.59. The molecule has 0 saturated heterocycles. The van der Waals surface area contributed by atoms with Gasteiger partial charge in [-0.25, -0.2) is 9.37 Å². The van der Waals surface area contributed by atoms with Gasteiger partial charge < -0.3 is 20.5 Å². The van der Waals surface area contributed by atoms with Crippen LogP contribution in [0, 0.1) is 5.82 Å². The summed E-state index contributed by atoms with van der Waals surface area (Å²) in [6, 6.07) is 11.7. The molecule has 0 spiro atoms. The van der Waals surface area contributed by atoms with Crippen molar-refractivity contribution < 1.29 is 4.39 Å². The van der Waals surface area contributed by atoms with E-state index in [0.29, 0.717) is 16.6 Å². The maximum absolute atomic E-state index is 13.6. The van der Waals surface area contributed by atoms with E-state index in [1.165, 1.54) is 12.1 Å². The first-order valence-electron chi connectivity index (χ1n) is 11.0. The van der Waals surface area contributed by atoms with Gasteiger partial charge in [-0.2, -0.15) is 0 Å². The minimum absolute atomic E-state index is 0.287. The van der Waals surface area contributed by atoms with Crippen LogP contribution in [0.2, 0.25) is 10.0 Å². The van der Waals surface area contributed by atoms with E-state index in [4.69, 9.17) is 33.9 Å². The Hall–Kier alpha value is -2.54. The van der Waals surface area contributed by atoms with E-state index >= 15 is 0 Å². The normalized spacial score (nSPS) is 14.4. The zero-order valence-corrected chi connectivity index (χ0v) is 20.5. The van der Waals surface area contributed by atoms with Crippen molar-refractivity contribution >= 4 is 34.7 Å². The van der Waals surface area contributed by atoms with Crippen molar-refractivity contribution in [2.75, 3.05) is 11.9 Å². The Morgan fingerprint density at radius 3 is 2.42 bits per heavy atom. The first-order chi connectivity index (χ1) is 15.7. The summed E-state index contributed by atoms with van der Waals surface area (Å²) in [6.45, 7) is 8.30. The molecule has 1 aromatic heterocycles. The molecule has 8 heteroatoms. The van der Waals surface area contributed by atoms with Gasteiger partial charge in [0.2, 0.25) is 0 Å². The standard InChI is InChI=1S/C25H28Cl2FN5/c1-4-5-21(25(2,3)29)32-10-11-33-22(15-32)31-23(16-6-8-19(28)9-7-16)24(33)30-20-13-17(26)12-18(27)14-20/h5-9,12-14,30H,4,10-11,15,29H2,1-3H3/b21-5+. The van der Waals surface area contributed by atoms with Gasteiger partial charge >= 0.3 is 0 Å². The van der Waals surface area contributed by atoms with Crippen molar-refractivity contribution in [1.82, 2.24) is 14.5 Å². The van der Waals surface area contributed by atoms with Gasteiger partial charge in [0, 0.05) is 45.6 Å². The topological polar surface area (TPSA) is 59.1 Å². The molecule has 0 bridgehead atoms. The molecule has 5 nitrogen and oxygen atoms in total. The van der Waals surface area contributed by atoms with Gasteiger partial charge in [0.25, 0.3) is 0 Å². The molecule has 3 N–H and O–H groups in total. The number of hydrogen-bond acceptors (Lipinski definition) is 4. The molecule has 0 saturated carbocycles. The fourth-order valence-electron chi connectivity index (χ4n) is 4.23. The van der Waals surface area contributed by atoms with Crippen molar-refractivity contribution in [1.29, 1.82) is 0 Å². The number of rotatable bonds is 6. The van der Waals surface area contributed by atoms with Gasteiger partial charge in [0.05, 0.1) is 6.54 Å². The number of anilines is 2. The number of imidazole rings is 1. The van der Waals surface area contributed by atoms with Gasteiger partial charge in [0.1, 0.15) is 23.2 Å². The molecule has 0 fully saturated rings. The molecular formula is C25H28Cl2FN5. The monoisotopic (exact) mass is 487 g/mol. The molecule has 0 unspecified atom stereocenters. The highest BCUT2D eigenvalue weighted by Gasteiger charge is 2.29. The Labute approximate surface area is 204 Å². The molecule has 2 aromatic carbocycles. The number of halogens is 3. The SMILES string of the molecule is CC/C=C(/N1CCn2c(nc(-c3ccc(F)cc3)c2Nc2cc(Cl)cc(Cl)c2)C1)C(C)(C)N. The first kappa shape index (κ1) is 23.6. The van der Waals surface area contributed by atoms with Crippen molar-refractivity contribution in [2.24, 2.45) is 5.73 Å². The Morgan fingerprint density at radius 1 is 1.15 bits per heavy atom. The summed E-state index contributed by atoms with van der Waals surface area (Å²) >= 11 is 12.4. The third-order valence-corrected chi connectivity index (χ3v) is 6.05. The first-order valence-corrected chi connectivity index (χ1v) is 11.7. The summed E-state index contributed by atoms with van der Waals surface area (Å²) in [5.74, 6) is 1.44. The van der Waals surface area contributed by atoms with Crippen LogP contribution in [0.1, 0.15) is 33.0 Å². The minimum atomic E-state index is -0.455. The van der Waals surface area contributed by atoms with Gasteiger partial charge in [-0.15, -0.1) is 0 Å². The molecule has 0 atom stereocenters. The molecule has 0 aliphatic carbocycles. The number of aromatic nitrogens is 2. The van der Waals surface area contributed by atoms with Gasteiger partial charge in [-0.05, 0) is 62.7 Å². The maximum Gasteiger partial charge on any atom is 0.138 e. The molecular weight excluding hydrogens is 460 g/mol. The lowest BCUT2D eigenvalue weighted by molar-refractivity contribution is 0.240. The molecule has 33 heavy (non-hydrogen) atoms. The zero-order valence-electron chi connectivity index (χ0n) is 19.0. The lowest BCUT2D eigenvalue weighted by atomic mass is 9.99. The molecule has 3 aromatic rings. The Morgan fingerprint density at radius 2 is 1.82 bits per heavy atom. The van der Waals surface area contributed by atoms with E-state index in [-0.39, 0.29) is 5.82 Å². The van der Waals surface area contributed by atoms with Crippen molar-refractivity contribution in [2.45, 2.75) is 45.8 Å². The second kappa shape index (κ2) is 9.37. The lowest BCUT2D eigenvalue weighted by Crippen LogP contribution is -2.45. The second-order valence-corrected chi connectivity index (χ2v) is 9.68. The van der Waals surface area contributed by atoms with E-state index in [1.54, 1.807) is 18.2 Å². The van der Waals surface area contributed by atoms with Crippen molar-refractivity contribution in [3.05, 3.63) is 75.9 Å². The summed E-state index contributed by atoms with van der Waals surface area (Å²) in [6.07, 6.45) is 3.09. The molecule has 0 radical (unpaired) electrons. The smallest absolute Gasteiger partial charge is 0.138 e. The third-order valence-electron chi connectivity index (χ3n) is 5.61. The highest BCUT2D eigenvalue weighted by Crippen LogP contribution is 2.36. The van der Waals surface area contributed by atoms with E-state index < -0.39 is 5.54 Å². The maximum atomic E-state index is 13.6. The number of hydrogen-bond donors (Lipinski definition) is 2. The average molecular weight is 488 g/mol.